The summed E-state index contributed by atoms with van der Waals surface area (Å²) in [5.41, 5.74) is 3.77. The maximum Gasteiger partial charge on any atom is 0.254 e. The first-order valence-corrected chi connectivity index (χ1v) is 13.1. The van der Waals surface area contributed by atoms with Gasteiger partial charge < -0.3 is 10.2 Å². The van der Waals surface area contributed by atoms with Gasteiger partial charge in [0.15, 0.2) is 0 Å². The van der Waals surface area contributed by atoms with Crippen molar-refractivity contribution in [3.8, 4) is 0 Å². The molecule has 0 unspecified atom stereocenters. The molecule has 2 amide bonds. The second kappa shape index (κ2) is 8.83. The molecule has 34 heavy (non-hydrogen) atoms. The number of hydrogen-bond acceptors (Lipinski definition) is 5. The number of thiophene rings is 1. The summed E-state index contributed by atoms with van der Waals surface area (Å²) in [6, 6.07) is 16.1. The van der Waals surface area contributed by atoms with Crippen LogP contribution in [0.25, 0.3) is 0 Å². The summed E-state index contributed by atoms with van der Waals surface area (Å²) in [6.45, 7) is 5.12. The highest BCUT2D eigenvalue weighted by molar-refractivity contribution is 7.89. The number of nitrogens with zero attached hydrogens (tertiary/aromatic N) is 2. The van der Waals surface area contributed by atoms with Gasteiger partial charge in [0, 0.05) is 36.6 Å². The third-order valence-corrected chi connectivity index (χ3v) is 9.04. The highest BCUT2D eigenvalue weighted by atomic mass is 32.2. The van der Waals surface area contributed by atoms with E-state index in [0.29, 0.717) is 23.7 Å². The molecule has 0 saturated heterocycles. The van der Waals surface area contributed by atoms with E-state index in [1.807, 2.05) is 18.2 Å². The normalized spacial score (nSPS) is 15.5. The lowest BCUT2D eigenvalue weighted by molar-refractivity contribution is -0.111. The first-order valence-electron chi connectivity index (χ1n) is 10.9. The van der Waals surface area contributed by atoms with Gasteiger partial charge in [0.2, 0.25) is 15.9 Å². The van der Waals surface area contributed by atoms with Gasteiger partial charge >= 0.3 is 0 Å². The quantitative estimate of drug-likeness (QED) is 0.548. The van der Waals surface area contributed by atoms with Gasteiger partial charge in [0.05, 0.1) is 9.90 Å². The van der Waals surface area contributed by atoms with Crippen molar-refractivity contribution in [2.45, 2.75) is 31.0 Å². The third kappa shape index (κ3) is 4.18. The van der Waals surface area contributed by atoms with Crippen LogP contribution in [-0.4, -0.2) is 36.0 Å². The zero-order valence-corrected chi connectivity index (χ0v) is 20.0. The van der Waals surface area contributed by atoms with Crippen LogP contribution in [0.4, 0.5) is 5.00 Å². The number of rotatable bonds is 5. The van der Waals surface area contributed by atoms with Crippen LogP contribution in [0.1, 0.15) is 31.9 Å². The van der Waals surface area contributed by atoms with E-state index in [9.17, 15) is 18.0 Å². The summed E-state index contributed by atoms with van der Waals surface area (Å²) in [4.78, 5) is 27.4. The van der Waals surface area contributed by atoms with Gasteiger partial charge in [0.1, 0.15) is 0 Å². The molecular weight excluding hydrogens is 470 g/mol. The van der Waals surface area contributed by atoms with E-state index in [0.717, 1.165) is 22.4 Å². The van der Waals surface area contributed by atoms with Crippen LogP contribution in [0, 0.1) is 0 Å². The van der Waals surface area contributed by atoms with Crippen LogP contribution in [0.3, 0.4) is 0 Å². The number of amides is 2. The number of sulfonamides is 1. The van der Waals surface area contributed by atoms with Crippen LogP contribution in [-0.2, 0) is 40.9 Å². The van der Waals surface area contributed by atoms with Crippen LogP contribution in [0.15, 0.2) is 72.1 Å². The van der Waals surface area contributed by atoms with Crippen LogP contribution < -0.4 is 5.32 Å². The number of nitrogens with one attached hydrogen (secondary N) is 1. The molecule has 9 heteroatoms. The van der Waals surface area contributed by atoms with Gasteiger partial charge in [-0.05, 0) is 59.5 Å². The summed E-state index contributed by atoms with van der Waals surface area (Å²) in [5, 5.41) is 3.39. The summed E-state index contributed by atoms with van der Waals surface area (Å²) >= 11 is 1.36. The lowest BCUT2D eigenvalue weighted by Gasteiger charge is -2.29. The monoisotopic (exact) mass is 493 g/mol. The minimum Gasteiger partial charge on any atom is -0.334 e. The topological polar surface area (TPSA) is 86.8 Å². The predicted octanol–water partition coefficient (Wildman–Crippen LogP) is 3.78. The standard InChI is InChI=1S/C25H23N3O4S2/c1-2-23(29)26-24-13-20-15-28(16-22(20)33-24)34(31,32)21-9-7-18(8-10-21)25(30)27-12-11-17-5-3-4-6-19(17)14-27/h2-10,13H,1,11-12,14-16H2,(H,26,29). The molecule has 2 aromatic carbocycles. The van der Waals surface area contributed by atoms with E-state index in [1.54, 1.807) is 23.1 Å². The molecule has 0 saturated carbocycles. The summed E-state index contributed by atoms with van der Waals surface area (Å²) < 4.78 is 27.8. The smallest absolute Gasteiger partial charge is 0.254 e. The van der Waals surface area contributed by atoms with Crippen molar-refractivity contribution in [1.29, 1.82) is 0 Å². The number of carbonyl (C=O) groups is 2. The molecular formula is C25H23N3O4S2. The molecule has 5 rings (SSSR count). The van der Waals surface area contributed by atoms with Crippen LogP contribution in [0.2, 0.25) is 0 Å². The van der Waals surface area contributed by atoms with Gasteiger partial charge in [-0.3, -0.25) is 9.59 Å². The van der Waals surface area contributed by atoms with Crippen LogP contribution >= 0.6 is 11.3 Å². The maximum absolute atomic E-state index is 13.2. The Balaban J connectivity index is 1.27. The highest BCUT2D eigenvalue weighted by Crippen LogP contribution is 2.37. The van der Waals surface area contributed by atoms with Crippen molar-refractivity contribution in [2.75, 3.05) is 11.9 Å². The number of carbonyl (C=O) groups excluding carboxylic acids is 2. The third-order valence-electron chi connectivity index (χ3n) is 6.15. The Morgan fingerprint density at radius 2 is 1.71 bits per heavy atom. The second-order valence-corrected chi connectivity index (χ2v) is 11.4. The molecule has 3 aromatic rings. The van der Waals surface area contributed by atoms with Crippen molar-refractivity contribution in [1.82, 2.24) is 9.21 Å². The molecule has 1 aromatic heterocycles. The largest absolute Gasteiger partial charge is 0.334 e. The summed E-state index contributed by atoms with van der Waals surface area (Å²) in [6.07, 6.45) is 2.01. The molecule has 0 radical (unpaired) electrons. The Labute approximate surface area is 202 Å². The van der Waals surface area contributed by atoms with Crippen molar-refractivity contribution in [3.05, 3.63) is 94.4 Å². The molecule has 7 nitrogen and oxygen atoms in total. The van der Waals surface area contributed by atoms with Gasteiger partial charge in [0.25, 0.3) is 5.91 Å². The molecule has 2 aliphatic heterocycles. The SMILES string of the molecule is C=CC(=O)Nc1cc2c(s1)CN(S(=O)(=O)c1ccc(C(=O)N3CCc4ccccc4C3)cc1)C2. The number of hydrogen-bond donors (Lipinski definition) is 1. The maximum atomic E-state index is 13.2. The Bertz CT molecular complexity index is 1370. The van der Waals surface area contributed by atoms with Gasteiger partial charge in [-0.1, -0.05) is 30.8 Å². The van der Waals surface area contributed by atoms with Crippen molar-refractivity contribution in [3.63, 3.8) is 0 Å². The average molecular weight is 494 g/mol. The Hall–Kier alpha value is -3.27. The van der Waals surface area contributed by atoms with E-state index in [-0.39, 0.29) is 29.8 Å². The lowest BCUT2D eigenvalue weighted by Crippen LogP contribution is -2.36. The van der Waals surface area contributed by atoms with Crippen LogP contribution in [0.5, 0.6) is 0 Å². The molecule has 0 fully saturated rings. The number of benzene rings is 2. The zero-order chi connectivity index (χ0) is 23.9. The number of fused-ring (bicyclic) bond motifs is 2. The fourth-order valence-corrected chi connectivity index (χ4v) is 6.88. The second-order valence-electron chi connectivity index (χ2n) is 8.30. The summed E-state index contributed by atoms with van der Waals surface area (Å²) in [5.74, 6) is -0.399. The van der Waals surface area contributed by atoms with E-state index in [1.165, 1.54) is 39.4 Å². The molecule has 0 atom stereocenters. The van der Waals surface area contributed by atoms with E-state index >= 15 is 0 Å². The Morgan fingerprint density at radius 1 is 0.971 bits per heavy atom. The van der Waals surface area contributed by atoms with Crippen molar-refractivity contribution in [2.24, 2.45) is 0 Å². The molecule has 0 spiro atoms. The van der Waals surface area contributed by atoms with E-state index in [4.69, 9.17) is 0 Å². The fraction of sp³-hybridized carbons (Fsp3) is 0.200. The van der Waals surface area contributed by atoms with Crippen molar-refractivity contribution >= 4 is 38.2 Å². The minimum absolute atomic E-state index is 0.101. The molecule has 2 aliphatic rings. The summed E-state index contributed by atoms with van der Waals surface area (Å²) in [7, 11) is -3.71. The molecule has 174 valence electrons. The number of anilines is 1. The fourth-order valence-electron chi connectivity index (χ4n) is 4.31. The first kappa shape index (κ1) is 22.5. The minimum atomic E-state index is -3.71. The molecule has 1 N–H and O–H groups in total. The Kier molecular flexibility index (Phi) is 5.85. The van der Waals surface area contributed by atoms with Crippen molar-refractivity contribution < 1.29 is 18.0 Å². The molecule has 3 heterocycles. The first-order chi connectivity index (χ1) is 16.3. The average Bonchev–Trinajstić information content (AvgIpc) is 3.42. The highest BCUT2D eigenvalue weighted by Gasteiger charge is 2.32. The van der Waals surface area contributed by atoms with Gasteiger partial charge in [-0.25, -0.2) is 8.42 Å². The predicted molar refractivity (Wildman–Crippen MR) is 131 cm³/mol. The van der Waals surface area contributed by atoms with E-state index in [2.05, 4.69) is 18.0 Å². The zero-order valence-electron chi connectivity index (χ0n) is 18.4. The van der Waals surface area contributed by atoms with Gasteiger partial charge in [-0.15, -0.1) is 11.3 Å². The Morgan fingerprint density at radius 3 is 2.41 bits per heavy atom. The molecule has 0 aliphatic carbocycles. The molecule has 0 bridgehead atoms. The van der Waals surface area contributed by atoms with Gasteiger partial charge in [-0.2, -0.15) is 4.31 Å². The lowest BCUT2D eigenvalue weighted by atomic mass is 9.99. The van der Waals surface area contributed by atoms with E-state index < -0.39 is 10.0 Å².